The molecule has 0 fully saturated rings. The van der Waals surface area contributed by atoms with Crippen LogP contribution in [0, 0.1) is 0 Å². The largest absolute Gasteiger partial charge is 0.331 e. The topological polar surface area (TPSA) is 53.6 Å². The Labute approximate surface area is 92.4 Å². The van der Waals surface area contributed by atoms with Gasteiger partial charge in [0.25, 0.3) is 0 Å². The maximum Gasteiger partial charge on any atom is 0.204 e. The molecular formula is C12H10N4. The zero-order valence-corrected chi connectivity index (χ0v) is 8.51. The second-order valence-corrected chi connectivity index (χ2v) is 3.48. The van der Waals surface area contributed by atoms with Gasteiger partial charge in [-0.2, -0.15) is 0 Å². The first-order valence-corrected chi connectivity index (χ1v) is 5.03. The van der Waals surface area contributed by atoms with E-state index >= 15 is 0 Å². The van der Waals surface area contributed by atoms with Gasteiger partial charge in [0, 0.05) is 17.8 Å². The Balaban J connectivity index is 1.99. The number of anilines is 2. The molecule has 0 amide bonds. The van der Waals surface area contributed by atoms with E-state index in [9.17, 15) is 0 Å². The second-order valence-electron chi connectivity index (χ2n) is 3.48. The number of pyridine rings is 1. The van der Waals surface area contributed by atoms with Gasteiger partial charge in [0.15, 0.2) is 0 Å². The summed E-state index contributed by atoms with van der Waals surface area (Å²) in [6.07, 6.45) is 5.28. The van der Waals surface area contributed by atoms with Crippen LogP contribution in [0.3, 0.4) is 0 Å². The van der Waals surface area contributed by atoms with Crippen molar-refractivity contribution in [3.63, 3.8) is 0 Å². The number of benzene rings is 1. The quantitative estimate of drug-likeness (QED) is 0.683. The van der Waals surface area contributed by atoms with E-state index < -0.39 is 0 Å². The number of rotatable bonds is 2. The molecule has 0 bridgehead atoms. The maximum atomic E-state index is 4.36. The van der Waals surface area contributed by atoms with Crippen molar-refractivity contribution < 1.29 is 0 Å². The molecule has 1 aromatic carbocycles. The van der Waals surface area contributed by atoms with Crippen LogP contribution in [-0.2, 0) is 0 Å². The summed E-state index contributed by atoms with van der Waals surface area (Å²) in [5.41, 5.74) is 1.92. The van der Waals surface area contributed by atoms with E-state index in [1.165, 1.54) is 0 Å². The van der Waals surface area contributed by atoms with Crippen molar-refractivity contribution in [3.05, 3.63) is 48.9 Å². The molecule has 0 atom stereocenters. The van der Waals surface area contributed by atoms with Gasteiger partial charge in [0.1, 0.15) is 0 Å². The Kier molecular flexibility index (Phi) is 2.04. The Hall–Kier alpha value is -2.36. The molecule has 0 spiro atoms. The lowest BCUT2D eigenvalue weighted by Crippen LogP contribution is -1.93. The molecule has 0 unspecified atom stereocenters. The molecule has 16 heavy (non-hydrogen) atoms. The van der Waals surface area contributed by atoms with Crippen molar-refractivity contribution in [2.45, 2.75) is 0 Å². The highest BCUT2D eigenvalue weighted by Crippen LogP contribution is 2.17. The second kappa shape index (κ2) is 3.66. The summed E-state index contributed by atoms with van der Waals surface area (Å²) in [5.74, 6) is 0.720. The van der Waals surface area contributed by atoms with Crippen LogP contribution in [-0.4, -0.2) is 15.0 Å². The summed E-state index contributed by atoms with van der Waals surface area (Å²) in [6.45, 7) is 0. The van der Waals surface area contributed by atoms with Gasteiger partial charge in [-0.1, -0.05) is 18.2 Å². The number of aromatic nitrogens is 3. The first kappa shape index (κ1) is 8.91. The lowest BCUT2D eigenvalue weighted by Gasteiger charge is -2.03. The molecule has 0 aliphatic carbocycles. The number of hydrogen-bond donors (Lipinski definition) is 2. The number of hydrogen-bond acceptors (Lipinski definition) is 3. The predicted molar refractivity (Wildman–Crippen MR) is 63.6 cm³/mol. The average molecular weight is 210 g/mol. The van der Waals surface area contributed by atoms with E-state index in [0.717, 1.165) is 22.5 Å². The van der Waals surface area contributed by atoms with Gasteiger partial charge < -0.3 is 10.3 Å². The Morgan fingerprint density at radius 3 is 2.94 bits per heavy atom. The minimum atomic E-state index is 0.720. The molecule has 3 rings (SSSR count). The molecular weight excluding hydrogens is 200 g/mol. The van der Waals surface area contributed by atoms with E-state index in [2.05, 4.69) is 20.3 Å². The monoisotopic (exact) mass is 210 g/mol. The highest BCUT2D eigenvalue weighted by atomic mass is 15.1. The maximum absolute atomic E-state index is 4.36. The summed E-state index contributed by atoms with van der Waals surface area (Å²) in [7, 11) is 0. The highest BCUT2D eigenvalue weighted by Gasteiger charge is 1.98. The minimum Gasteiger partial charge on any atom is -0.331 e. The normalized spacial score (nSPS) is 10.5. The molecule has 0 aliphatic rings. The van der Waals surface area contributed by atoms with Crippen molar-refractivity contribution in [2.24, 2.45) is 0 Å². The first-order chi connectivity index (χ1) is 7.92. The van der Waals surface area contributed by atoms with Gasteiger partial charge in [-0.15, -0.1) is 0 Å². The number of nitrogens with zero attached hydrogens (tertiary/aromatic N) is 2. The van der Waals surface area contributed by atoms with Crippen LogP contribution in [0.1, 0.15) is 0 Å². The molecule has 2 aromatic heterocycles. The zero-order valence-electron chi connectivity index (χ0n) is 8.51. The smallest absolute Gasteiger partial charge is 0.204 e. The number of aromatic amines is 1. The van der Waals surface area contributed by atoms with E-state index in [0.29, 0.717) is 0 Å². The summed E-state index contributed by atoms with van der Waals surface area (Å²) in [4.78, 5) is 11.4. The summed E-state index contributed by atoms with van der Waals surface area (Å²) in [5, 5.41) is 4.26. The summed E-state index contributed by atoms with van der Waals surface area (Å²) < 4.78 is 0. The van der Waals surface area contributed by atoms with Crippen molar-refractivity contribution in [1.82, 2.24) is 15.0 Å². The zero-order chi connectivity index (χ0) is 10.8. The third-order valence-electron chi connectivity index (χ3n) is 2.35. The van der Waals surface area contributed by atoms with Gasteiger partial charge in [0.05, 0.1) is 17.4 Å². The van der Waals surface area contributed by atoms with Gasteiger partial charge in [0.2, 0.25) is 5.95 Å². The van der Waals surface area contributed by atoms with Gasteiger partial charge in [-0.25, -0.2) is 4.98 Å². The third kappa shape index (κ3) is 1.61. The van der Waals surface area contributed by atoms with E-state index in [1.807, 2.05) is 30.3 Å². The standard InChI is InChI=1S/C12H10N4/c1-2-4-11-9(3-1)7-10(8-15-11)16-12-13-5-6-14-12/h1-8H,(H2,13,14,16). The molecule has 0 aliphatic heterocycles. The molecule has 2 heterocycles. The number of para-hydroxylation sites is 1. The van der Waals surface area contributed by atoms with Crippen molar-refractivity contribution in [3.8, 4) is 0 Å². The molecule has 0 saturated carbocycles. The minimum absolute atomic E-state index is 0.720. The fourth-order valence-electron chi connectivity index (χ4n) is 1.61. The number of fused-ring (bicyclic) bond motifs is 1. The molecule has 0 saturated heterocycles. The highest BCUT2D eigenvalue weighted by molar-refractivity contribution is 5.82. The van der Waals surface area contributed by atoms with Crippen LogP contribution in [0.15, 0.2) is 48.9 Å². The van der Waals surface area contributed by atoms with E-state index in [1.54, 1.807) is 18.6 Å². The van der Waals surface area contributed by atoms with Gasteiger partial charge in [-0.05, 0) is 12.1 Å². The van der Waals surface area contributed by atoms with Crippen LogP contribution < -0.4 is 5.32 Å². The Morgan fingerprint density at radius 2 is 2.06 bits per heavy atom. The van der Waals surface area contributed by atoms with E-state index in [-0.39, 0.29) is 0 Å². The number of nitrogens with one attached hydrogen (secondary N) is 2. The van der Waals surface area contributed by atoms with Gasteiger partial charge in [-0.3, -0.25) is 4.98 Å². The van der Waals surface area contributed by atoms with Crippen LogP contribution in [0.4, 0.5) is 11.6 Å². The lowest BCUT2D eigenvalue weighted by atomic mass is 10.2. The Morgan fingerprint density at radius 1 is 1.12 bits per heavy atom. The molecule has 4 nitrogen and oxygen atoms in total. The summed E-state index contributed by atoms with van der Waals surface area (Å²) in [6, 6.07) is 10.1. The molecule has 2 N–H and O–H groups in total. The molecule has 78 valence electrons. The fraction of sp³-hybridized carbons (Fsp3) is 0. The first-order valence-electron chi connectivity index (χ1n) is 5.03. The van der Waals surface area contributed by atoms with Crippen molar-refractivity contribution in [2.75, 3.05) is 5.32 Å². The Bertz CT molecular complexity index is 601. The third-order valence-corrected chi connectivity index (χ3v) is 2.35. The molecule has 3 aromatic rings. The SMILES string of the molecule is c1ccc2ncc(Nc3ncc[nH]3)cc2c1. The van der Waals surface area contributed by atoms with E-state index in [4.69, 9.17) is 0 Å². The fourth-order valence-corrected chi connectivity index (χ4v) is 1.61. The van der Waals surface area contributed by atoms with Crippen LogP contribution in [0.2, 0.25) is 0 Å². The lowest BCUT2D eigenvalue weighted by molar-refractivity contribution is 1.28. The molecule has 0 radical (unpaired) electrons. The van der Waals surface area contributed by atoms with Crippen LogP contribution in [0.25, 0.3) is 10.9 Å². The van der Waals surface area contributed by atoms with Gasteiger partial charge >= 0.3 is 0 Å². The molecule has 4 heteroatoms. The number of H-pyrrole nitrogens is 1. The van der Waals surface area contributed by atoms with Crippen LogP contribution in [0.5, 0.6) is 0 Å². The predicted octanol–water partition coefficient (Wildman–Crippen LogP) is 2.70. The average Bonchev–Trinajstić information content (AvgIpc) is 2.82. The number of imidazole rings is 1. The summed E-state index contributed by atoms with van der Waals surface area (Å²) >= 11 is 0. The van der Waals surface area contributed by atoms with Crippen LogP contribution >= 0.6 is 0 Å². The van der Waals surface area contributed by atoms with Crippen molar-refractivity contribution >= 4 is 22.5 Å². The van der Waals surface area contributed by atoms with Crippen molar-refractivity contribution in [1.29, 1.82) is 0 Å².